The average Bonchev–Trinajstić information content (AvgIpc) is 3.05. The van der Waals surface area contributed by atoms with Gasteiger partial charge in [0.15, 0.2) is 0 Å². The van der Waals surface area contributed by atoms with E-state index in [4.69, 9.17) is 4.74 Å². The molecule has 3 rings (SSSR count). The standard InChI is InChI=1S/C19H21NO2S/c1-14(2)18(21)20-11-12-23-19(20)15-7-6-10-17(13-15)22-16-8-4-3-5-9-16/h3-10,13-14,19H,11-12H2,1-2H3/t19-/m0/s1. The van der Waals surface area contributed by atoms with Crippen molar-refractivity contribution in [3.8, 4) is 11.5 Å². The lowest BCUT2D eigenvalue weighted by Gasteiger charge is -2.26. The van der Waals surface area contributed by atoms with Gasteiger partial charge in [-0.15, -0.1) is 11.8 Å². The molecule has 1 amide bonds. The molecule has 0 aliphatic carbocycles. The van der Waals surface area contributed by atoms with Gasteiger partial charge in [0.05, 0.1) is 0 Å². The minimum atomic E-state index is 0.0277. The summed E-state index contributed by atoms with van der Waals surface area (Å²) in [5.41, 5.74) is 1.12. The smallest absolute Gasteiger partial charge is 0.226 e. The molecule has 3 nitrogen and oxygen atoms in total. The zero-order valence-corrected chi connectivity index (χ0v) is 14.3. The van der Waals surface area contributed by atoms with Crippen LogP contribution in [0, 0.1) is 5.92 Å². The normalized spacial score (nSPS) is 17.5. The first-order valence-corrected chi connectivity index (χ1v) is 8.95. The Labute approximate surface area is 141 Å². The highest BCUT2D eigenvalue weighted by atomic mass is 32.2. The van der Waals surface area contributed by atoms with Crippen LogP contribution in [-0.2, 0) is 4.79 Å². The number of carbonyl (C=O) groups is 1. The molecule has 2 aromatic rings. The molecule has 0 aromatic heterocycles. The summed E-state index contributed by atoms with van der Waals surface area (Å²) < 4.78 is 5.91. The Bertz CT molecular complexity index is 672. The fourth-order valence-electron chi connectivity index (χ4n) is 2.66. The molecule has 1 fully saturated rings. The van der Waals surface area contributed by atoms with Crippen LogP contribution in [0.1, 0.15) is 24.8 Å². The molecule has 23 heavy (non-hydrogen) atoms. The molecule has 0 spiro atoms. The minimum absolute atomic E-state index is 0.0277. The van der Waals surface area contributed by atoms with Crippen LogP contribution < -0.4 is 4.74 Å². The number of rotatable bonds is 4. The maximum Gasteiger partial charge on any atom is 0.226 e. The molecule has 0 unspecified atom stereocenters. The number of ether oxygens (including phenoxy) is 1. The van der Waals surface area contributed by atoms with E-state index < -0.39 is 0 Å². The van der Waals surface area contributed by atoms with E-state index >= 15 is 0 Å². The predicted octanol–water partition coefficient (Wildman–Crippen LogP) is 4.71. The molecule has 4 heteroatoms. The quantitative estimate of drug-likeness (QED) is 0.814. The number of benzene rings is 2. The van der Waals surface area contributed by atoms with Crippen molar-refractivity contribution in [1.82, 2.24) is 4.90 Å². The van der Waals surface area contributed by atoms with E-state index in [1.165, 1.54) is 0 Å². The number of hydrogen-bond acceptors (Lipinski definition) is 3. The van der Waals surface area contributed by atoms with Gasteiger partial charge in [-0.3, -0.25) is 4.79 Å². The van der Waals surface area contributed by atoms with Crippen LogP contribution in [0.25, 0.3) is 0 Å². The van der Waals surface area contributed by atoms with Gasteiger partial charge in [-0.1, -0.05) is 44.2 Å². The van der Waals surface area contributed by atoms with Crippen molar-refractivity contribution >= 4 is 17.7 Å². The summed E-state index contributed by atoms with van der Waals surface area (Å²) in [5.74, 6) is 2.85. The average molecular weight is 327 g/mol. The van der Waals surface area contributed by atoms with Crippen molar-refractivity contribution in [3.05, 3.63) is 60.2 Å². The Kier molecular flexibility index (Phi) is 4.91. The van der Waals surface area contributed by atoms with Crippen molar-refractivity contribution in [1.29, 1.82) is 0 Å². The highest BCUT2D eigenvalue weighted by molar-refractivity contribution is 7.99. The maximum atomic E-state index is 12.4. The second-order valence-corrected chi connectivity index (χ2v) is 7.09. The molecular weight excluding hydrogens is 306 g/mol. The highest BCUT2D eigenvalue weighted by Gasteiger charge is 2.31. The molecule has 1 atom stereocenters. The second-order valence-electron chi connectivity index (χ2n) is 5.90. The van der Waals surface area contributed by atoms with Crippen LogP contribution in [0.3, 0.4) is 0 Å². The van der Waals surface area contributed by atoms with Gasteiger partial charge >= 0.3 is 0 Å². The van der Waals surface area contributed by atoms with Crippen LogP contribution in [0.4, 0.5) is 0 Å². The van der Waals surface area contributed by atoms with Gasteiger partial charge in [0.2, 0.25) is 5.91 Å². The Morgan fingerprint density at radius 3 is 2.61 bits per heavy atom. The molecular formula is C19H21NO2S. The van der Waals surface area contributed by atoms with Gasteiger partial charge < -0.3 is 9.64 Å². The van der Waals surface area contributed by atoms with Gasteiger partial charge in [0.25, 0.3) is 0 Å². The van der Waals surface area contributed by atoms with Crippen LogP contribution >= 0.6 is 11.8 Å². The molecule has 0 radical (unpaired) electrons. The number of carbonyl (C=O) groups excluding carboxylic acids is 1. The molecule has 120 valence electrons. The largest absolute Gasteiger partial charge is 0.457 e. The first-order chi connectivity index (χ1) is 11.1. The van der Waals surface area contributed by atoms with Crippen molar-refractivity contribution in [2.75, 3.05) is 12.3 Å². The number of nitrogens with zero attached hydrogens (tertiary/aromatic N) is 1. The van der Waals surface area contributed by atoms with Crippen LogP contribution in [0.15, 0.2) is 54.6 Å². The summed E-state index contributed by atoms with van der Waals surface area (Å²) >= 11 is 1.81. The third-order valence-electron chi connectivity index (χ3n) is 3.79. The summed E-state index contributed by atoms with van der Waals surface area (Å²) in [6.07, 6.45) is 0. The fourth-order valence-corrected chi connectivity index (χ4v) is 3.91. The summed E-state index contributed by atoms with van der Waals surface area (Å²) in [6.45, 7) is 4.73. The molecule has 1 saturated heterocycles. The fraction of sp³-hybridized carbons (Fsp3) is 0.316. The minimum Gasteiger partial charge on any atom is -0.457 e. The van der Waals surface area contributed by atoms with E-state index in [1.807, 2.05) is 79.0 Å². The van der Waals surface area contributed by atoms with Gasteiger partial charge in [-0.05, 0) is 29.8 Å². The Morgan fingerprint density at radius 1 is 1.13 bits per heavy atom. The molecule has 1 heterocycles. The van der Waals surface area contributed by atoms with Crippen molar-refractivity contribution < 1.29 is 9.53 Å². The number of amides is 1. The van der Waals surface area contributed by atoms with E-state index in [1.54, 1.807) is 0 Å². The van der Waals surface area contributed by atoms with Gasteiger partial charge in [0, 0.05) is 18.2 Å². The van der Waals surface area contributed by atoms with Crippen molar-refractivity contribution in [2.45, 2.75) is 19.2 Å². The lowest BCUT2D eigenvalue weighted by molar-refractivity contribution is -0.134. The van der Waals surface area contributed by atoms with Gasteiger partial charge in [-0.25, -0.2) is 0 Å². The molecule has 1 aliphatic heterocycles. The van der Waals surface area contributed by atoms with E-state index in [2.05, 4.69) is 6.07 Å². The summed E-state index contributed by atoms with van der Waals surface area (Å²) in [6, 6.07) is 17.8. The van der Waals surface area contributed by atoms with E-state index in [0.29, 0.717) is 0 Å². The SMILES string of the molecule is CC(C)C(=O)N1CCS[C@H]1c1cccc(Oc2ccccc2)c1. The van der Waals surface area contributed by atoms with Crippen molar-refractivity contribution in [2.24, 2.45) is 5.92 Å². The number of hydrogen-bond donors (Lipinski definition) is 0. The molecule has 0 N–H and O–H groups in total. The molecule has 0 bridgehead atoms. The lowest BCUT2D eigenvalue weighted by Crippen LogP contribution is -2.33. The topological polar surface area (TPSA) is 29.5 Å². The lowest BCUT2D eigenvalue weighted by atomic mass is 10.1. The molecule has 2 aromatic carbocycles. The Hall–Kier alpha value is -1.94. The molecule has 1 aliphatic rings. The monoisotopic (exact) mass is 327 g/mol. The third-order valence-corrected chi connectivity index (χ3v) is 5.05. The van der Waals surface area contributed by atoms with E-state index in [9.17, 15) is 4.79 Å². The molecule has 0 saturated carbocycles. The first kappa shape index (κ1) is 15.9. The zero-order chi connectivity index (χ0) is 16.2. The highest BCUT2D eigenvalue weighted by Crippen LogP contribution is 2.40. The van der Waals surface area contributed by atoms with E-state index in [0.717, 1.165) is 29.4 Å². The zero-order valence-electron chi connectivity index (χ0n) is 13.4. The Balaban J connectivity index is 1.80. The summed E-state index contributed by atoms with van der Waals surface area (Å²) in [4.78, 5) is 14.4. The predicted molar refractivity (Wildman–Crippen MR) is 94.7 cm³/mol. The van der Waals surface area contributed by atoms with Gasteiger partial charge in [0.1, 0.15) is 16.9 Å². The van der Waals surface area contributed by atoms with Crippen LogP contribution in [0.2, 0.25) is 0 Å². The second kappa shape index (κ2) is 7.09. The third kappa shape index (κ3) is 3.70. The summed E-state index contributed by atoms with van der Waals surface area (Å²) in [7, 11) is 0. The van der Waals surface area contributed by atoms with Crippen molar-refractivity contribution in [3.63, 3.8) is 0 Å². The van der Waals surface area contributed by atoms with Crippen LogP contribution in [-0.4, -0.2) is 23.1 Å². The maximum absolute atomic E-state index is 12.4. The number of para-hydroxylation sites is 1. The van der Waals surface area contributed by atoms with Crippen LogP contribution in [0.5, 0.6) is 11.5 Å². The Morgan fingerprint density at radius 2 is 1.87 bits per heavy atom. The van der Waals surface area contributed by atoms with E-state index in [-0.39, 0.29) is 17.2 Å². The van der Waals surface area contributed by atoms with Gasteiger partial charge in [-0.2, -0.15) is 0 Å². The summed E-state index contributed by atoms with van der Waals surface area (Å²) in [5, 5.41) is 0.0872. The first-order valence-electron chi connectivity index (χ1n) is 7.90. The number of thioether (sulfide) groups is 1.